The molecule has 8 rings (SSSR count). The minimum absolute atomic E-state index is 0.0235. The van der Waals surface area contributed by atoms with Gasteiger partial charge in [0.25, 0.3) is 0 Å². The summed E-state index contributed by atoms with van der Waals surface area (Å²) in [4.78, 5) is 5.50. The zero-order valence-electron chi connectivity index (χ0n) is 32.7. The van der Waals surface area contributed by atoms with Gasteiger partial charge in [0.05, 0.1) is 0 Å². The molecule has 1 aromatic heterocycles. The van der Waals surface area contributed by atoms with E-state index in [0.717, 1.165) is 12.8 Å². The first-order valence-corrected chi connectivity index (χ1v) is 20.8. The van der Waals surface area contributed by atoms with E-state index in [1.807, 2.05) is 0 Å². The van der Waals surface area contributed by atoms with E-state index in [1.54, 1.807) is 9.90 Å². The summed E-state index contributed by atoms with van der Waals surface area (Å²) in [6.07, 6.45) is 2.11. The molecular weight excluding hydrogens is 670 g/mol. The molecule has 4 aromatic carbocycles. The van der Waals surface area contributed by atoms with Crippen molar-refractivity contribution in [2.24, 2.45) is 0 Å². The predicted molar refractivity (Wildman–Crippen MR) is 221 cm³/mol. The van der Waals surface area contributed by atoms with Gasteiger partial charge in [-0.05, 0) is 0 Å². The van der Waals surface area contributed by atoms with Crippen LogP contribution in [0, 0.1) is 0 Å². The van der Waals surface area contributed by atoms with Crippen LogP contribution in [0.2, 0.25) is 0 Å². The second kappa shape index (κ2) is 10.9. The molecule has 0 aliphatic carbocycles. The van der Waals surface area contributed by atoms with E-state index >= 15 is 0 Å². The van der Waals surface area contributed by atoms with E-state index in [4.69, 9.17) is 0 Å². The number of rotatable bonds is 4. The summed E-state index contributed by atoms with van der Waals surface area (Å²) in [5.74, 6) is 0.466. The quantitative estimate of drug-likeness (QED) is 0.167. The number of aryl methyl sites for hydroxylation is 1. The van der Waals surface area contributed by atoms with Gasteiger partial charge in [-0.3, -0.25) is 0 Å². The number of anilines is 5. The van der Waals surface area contributed by atoms with E-state index in [2.05, 4.69) is 167 Å². The molecule has 50 heavy (non-hydrogen) atoms. The van der Waals surface area contributed by atoms with E-state index in [9.17, 15) is 0 Å². The van der Waals surface area contributed by atoms with Gasteiger partial charge in [0.2, 0.25) is 0 Å². The molecule has 0 radical (unpaired) electrons. The molecule has 0 fully saturated rings. The van der Waals surface area contributed by atoms with Crippen molar-refractivity contribution in [2.75, 3.05) is 9.80 Å². The molecule has 4 heteroatoms. The molecule has 4 heterocycles. The molecule has 0 amide bonds. The summed E-state index contributed by atoms with van der Waals surface area (Å²) >= 11 is 0.207. The first-order valence-electron chi connectivity index (χ1n) is 19.0. The maximum absolute atomic E-state index is 2.80. The normalized spacial score (nSPS) is 19.0. The predicted octanol–water partition coefficient (Wildman–Crippen LogP) is 10.4. The van der Waals surface area contributed by atoms with Crippen molar-refractivity contribution in [3.63, 3.8) is 0 Å². The van der Waals surface area contributed by atoms with Crippen molar-refractivity contribution in [2.45, 2.75) is 131 Å². The van der Waals surface area contributed by atoms with Gasteiger partial charge in [0.15, 0.2) is 0 Å². The third-order valence-electron chi connectivity index (χ3n) is 13.0. The van der Waals surface area contributed by atoms with Crippen LogP contribution in [-0.2, 0) is 22.7 Å². The van der Waals surface area contributed by atoms with Crippen LogP contribution in [0.5, 0.6) is 0 Å². The zero-order chi connectivity index (χ0) is 35.9. The van der Waals surface area contributed by atoms with Crippen LogP contribution in [0.4, 0.5) is 28.4 Å². The van der Waals surface area contributed by atoms with E-state index in [-0.39, 0.29) is 43.0 Å². The van der Waals surface area contributed by atoms with Crippen LogP contribution in [0.25, 0.3) is 9.65 Å². The van der Waals surface area contributed by atoms with Gasteiger partial charge in [-0.2, -0.15) is 0 Å². The average molecular weight is 726 g/mol. The molecule has 0 saturated carbocycles. The van der Waals surface area contributed by atoms with Crippen LogP contribution in [0.15, 0.2) is 66.7 Å². The molecule has 3 aliphatic rings. The van der Waals surface area contributed by atoms with Crippen molar-refractivity contribution in [1.82, 2.24) is 0 Å². The van der Waals surface area contributed by atoms with Gasteiger partial charge < -0.3 is 0 Å². The molecule has 3 aliphatic heterocycles. The van der Waals surface area contributed by atoms with Crippen molar-refractivity contribution >= 4 is 74.6 Å². The maximum atomic E-state index is 2.80. The van der Waals surface area contributed by atoms with Crippen molar-refractivity contribution in [1.29, 1.82) is 0 Å². The topological polar surface area (TPSA) is 6.48 Å². The summed E-state index contributed by atoms with van der Waals surface area (Å²) in [6.45, 7) is 31.3. The molecule has 0 N–H and O–H groups in total. The monoisotopic (exact) mass is 726 g/mol. The van der Waals surface area contributed by atoms with Crippen LogP contribution in [0.3, 0.4) is 0 Å². The Bertz CT molecular complexity index is 2190. The Hall–Kier alpha value is -3.20. The summed E-state index contributed by atoms with van der Waals surface area (Å²) < 4.78 is 3.15. The number of fused-ring (bicyclic) bond motifs is 6. The minimum atomic E-state index is -0.0845. The van der Waals surface area contributed by atoms with Crippen LogP contribution in [-0.4, -0.2) is 26.8 Å². The third-order valence-corrected chi connectivity index (χ3v) is 15.5. The zero-order valence-corrected chi connectivity index (χ0v) is 34.4. The molecular formula is C46H55BN2Se. The third kappa shape index (κ3) is 4.53. The van der Waals surface area contributed by atoms with E-state index in [1.165, 1.54) is 71.3 Å². The van der Waals surface area contributed by atoms with Crippen LogP contribution >= 0.6 is 0 Å². The Kier molecular flexibility index (Phi) is 7.40. The summed E-state index contributed by atoms with van der Waals surface area (Å²) in [5, 5.41) is 1.44. The van der Waals surface area contributed by atoms with E-state index in [0.29, 0.717) is 5.92 Å². The Morgan fingerprint density at radius 2 is 1.40 bits per heavy atom. The second-order valence-corrected chi connectivity index (χ2v) is 20.8. The molecule has 0 spiro atoms. The van der Waals surface area contributed by atoms with Gasteiger partial charge in [0.1, 0.15) is 0 Å². The summed E-state index contributed by atoms with van der Waals surface area (Å²) in [5.41, 5.74) is 17.4. The average Bonchev–Trinajstić information content (AvgIpc) is 3.52. The van der Waals surface area contributed by atoms with E-state index < -0.39 is 0 Å². The van der Waals surface area contributed by atoms with Gasteiger partial charge >= 0.3 is 309 Å². The Morgan fingerprint density at radius 1 is 0.760 bits per heavy atom. The standard InChI is InChI=1S/C46H55BN2Se/c1-14-28-22-36-39-37(23-28)49-41-34(46(13,15-2)45(49,11)12)24-29(27(3)4)25-35(41)47(39)42-40(33-26-31(44(8,9)10)18-21-38(33)50-42)48(36)32-19-16-30(17-20-32)43(5,6)7/h16-27H,14-15H2,1-13H3. The Labute approximate surface area is 308 Å². The van der Waals surface area contributed by atoms with Crippen molar-refractivity contribution in [3.8, 4) is 0 Å². The fraction of sp³-hybridized carbons (Fsp3) is 0.435. The summed E-state index contributed by atoms with van der Waals surface area (Å²) in [7, 11) is 0. The van der Waals surface area contributed by atoms with Gasteiger partial charge in [0, 0.05) is 0 Å². The van der Waals surface area contributed by atoms with Crippen molar-refractivity contribution < 1.29 is 0 Å². The molecule has 0 saturated heterocycles. The number of hydrogen-bond donors (Lipinski definition) is 0. The number of benzene rings is 4. The molecule has 1 atom stereocenters. The van der Waals surface area contributed by atoms with Gasteiger partial charge in [-0.25, -0.2) is 0 Å². The molecule has 1 unspecified atom stereocenters. The fourth-order valence-electron chi connectivity index (χ4n) is 9.28. The second-order valence-electron chi connectivity index (χ2n) is 18.5. The summed E-state index contributed by atoms with van der Waals surface area (Å²) in [6, 6.07) is 27.3. The fourth-order valence-corrected chi connectivity index (χ4v) is 12.0. The van der Waals surface area contributed by atoms with Crippen LogP contribution in [0.1, 0.15) is 130 Å². The SMILES string of the molecule is CCc1cc2c3c(c1)N1c4c(cc(C(C)C)cc4C(C)(CC)C1(C)C)B3c1[se]c3ccc(C(C)(C)C)cc3c1N2c1ccc(C(C)(C)C)cc1. The van der Waals surface area contributed by atoms with Crippen LogP contribution < -0.4 is 25.1 Å². The molecule has 258 valence electrons. The molecule has 0 bridgehead atoms. The first kappa shape index (κ1) is 33.9. The van der Waals surface area contributed by atoms with Gasteiger partial charge in [-0.15, -0.1) is 0 Å². The number of hydrogen-bond acceptors (Lipinski definition) is 2. The van der Waals surface area contributed by atoms with Crippen molar-refractivity contribution in [3.05, 3.63) is 94.5 Å². The molecule has 2 nitrogen and oxygen atoms in total. The number of nitrogens with zero attached hydrogens (tertiary/aromatic N) is 2. The Morgan fingerprint density at radius 3 is 2.00 bits per heavy atom. The van der Waals surface area contributed by atoms with Gasteiger partial charge in [-0.1, -0.05) is 0 Å². The molecule has 5 aromatic rings. The first-order chi connectivity index (χ1) is 23.4. The Balaban J connectivity index is 1.53.